The van der Waals surface area contributed by atoms with Crippen LogP contribution in [0.25, 0.3) is 0 Å². The number of halogens is 2. The standard InChI is InChI=1S/C17H27BCl2O3Si/c1-16(2,3)24(6,7)23-15-8-12(13(19)9-14(15)20)18-21-10-17(4,5)11-22-18/h8-9H,10-11H2,1-7H3. The van der Waals surface area contributed by atoms with E-state index >= 15 is 0 Å². The molecule has 1 aliphatic rings. The van der Waals surface area contributed by atoms with Gasteiger partial charge in [0.15, 0.2) is 0 Å². The molecular weight excluding hydrogens is 362 g/mol. The van der Waals surface area contributed by atoms with Gasteiger partial charge in [-0.1, -0.05) is 57.8 Å². The molecule has 0 amide bonds. The summed E-state index contributed by atoms with van der Waals surface area (Å²) in [6, 6.07) is 3.58. The van der Waals surface area contributed by atoms with Crippen molar-refractivity contribution in [3.63, 3.8) is 0 Å². The Bertz CT molecular complexity index is 605. The smallest absolute Gasteiger partial charge is 0.495 e. The van der Waals surface area contributed by atoms with Crippen LogP contribution in [0.4, 0.5) is 0 Å². The SMILES string of the molecule is CC1(C)COB(c2cc(O[Si](C)(C)C(C)(C)C)c(Cl)cc2Cl)OC1. The van der Waals surface area contributed by atoms with E-state index in [1.54, 1.807) is 6.07 Å². The molecule has 1 aromatic rings. The van der Waals surface area contributed by atoms with E-state index in [1.165, 1.54) is 0 Å². The Morgan fingerprint density at radius 2 is 1.62 bits per heavy atom. The maximum absolute atomic E-state index is 6.38. The van der Waals surface area contributed by atoms with Gasteiger partial charge in [-0.2, -0.15) is 0 Å². The molecule has 0 radical (unpaired) electrons. The van der Waals surface area contributed by atoms with Gasteiger partial charge in [0.2, 0.25) is 0 Å². The Kier molecular flexibility index (Phi) is 5.73. The highest BCUT2D eigenvalue weighted by atomic mass is 35.5. The zero-order valence-electron chi connectivity index (χ0n) is 15.6. The van der Waals surface area contributed by atoms with Crippen LogP contribution < -0.4 is 9.89 Å². The zero-order chi connectivity index (χ0) is 18.3. The molecule has 3 nitrogen and oxygen atoms in total. The lowest BCUT2D eigenvalue weighted by atomic mass is 9.76. The monoisotopic (exact) mass is 388 g/mol. The molecule has 1 saturated heterocycles. The predicted molar refractivity (Wildman–Crippen MR) is 105 cm³/mol. The van der Waals surface area contributed by atoms with Gasteiger partial charge in [0.1, 0.15) is 5.75 Å². The van der Waals surface area contributed by atoms with Gasteiger partial charge >= 0.3 is 7.12 Å². The molecule has 0 N–H and O–H groups in total. The van der Waals surface area contributed by atoms with Crippen molar-refractivity contribution in [1.82, 2.24) is 0 Å². The van der Waals surface area contributed by atoms with Crippen LogP contribution in [0.1, 0.15) is 34.6 Å². The number of hydrogen-bond acceptors (Lipinski definition) is 3. The average Bonchev–Trinajstić information content (AvgIpc) is 2.41. The zero-order valence-corrected chi connectivity index (χ0v) is 18.1. The minimum atomic E-state index is -2.00. The van der Waals surface area contributed by atoms with Crippen molar-refractivity contribution in [2.45, 2.75) is 52.8 Å². The number of benzene rings is 1. The molecule has 134 valence electrons. The topological polar surface area (TPSA) is 27.7 Å². The Morgan fingerprint density at radius 3 is 2.12 bits per heavy atom. The van der Waals surface area contributed by atoms with Crippen molar-refractivity contribution in [2.24, 2.45) is 5.41 Å². The van der Waals surface area contributed by atoms with Gasteiger partial charge in [0.05, 0.1) is 5.02 Å². The lowest BCUT2D eigenvalue weighted by Crippen LogP contribution is -2.48. The van der Waals surface area contributed by atoms with Crippen molar-refractivity contribution >= 4 is 44.1 Å². The fraction of sp³-hybridized carbons (Fsp3) is 0.647. The fourth-order valence-electron chi connectivity index (χ4n) is 2.10. The first-order valence-corrected chi connectivity index (χ1v) is 11.9. The van der Waals surface area contributed by atoms with E-state index in [-0.39, 0.29) is 10.5 Å². The van der Waals surface area contributed by atoms with Gasteiger partial charge in [-0.3, -0.25) is 0 Å². The second kappa shape index (κ2) is 6.84. The van der Waals surface area contributed by atoms with E-state index in [2.05, 4.69) is 47.7 Å². The van der Waals surface area contributed by atoms with Gasteiger partial charge in [0, 0.05) is 29.1 Å². The Labute approximate surface area is 157 Å². The lowest BCUT2D eigenvalue weighted by Gasteiger charge is -2.37. The summed E-state index contributed by atoms with van der Waals surface area (Å²) in [4.78, 5) is 0. The molecule has 24 heavy (non-hydrogen) atoms. The van der Waals surface area contributed by atoms with Crippen LogP contribution in [0, 0.1) is 5.41 Å². The van der Waals surface area contributed by atoms with Crippen LogP contribution >= 0.6 is 23.2 Å². The van der Waals surface area contributed by atoms with Crippen molar-refractivity contribution in [3.05, 3.63) is 22.2 Å². The van der Waals surface area contributed by atoms with Crippen LogP contribution in [0.3, 0.4) is 0 Å². The highest BCUT2D eigenvalue weighted by Crippen LogP contribution is 2.39. The summed E-state index contributed by atoms with van der Waals surface area (Å²) >= 11 is 12.8. The Balaban J connectivity index is 2.29. The maximum atomic E-state index is 6.38. The van der Waals surface area contributed by atoms with E-state index in [1.807, 2.05) is 6.07 Å². The molecule has 0 unspecified atom stereocenters. The van der Waals surface area contributed by atoms with Crippen LogP contribution in [0.5, 0.6) is 5.75 Å². The summed E-state index contributed by atoms with van der Waals surface area (Å²) in [7, 11) is -2.48. The molecular formula is C17H27BCl2O3Si. The molecule has 0 spiro atoms. The average molecular weight is 389 g/mol. The van der Waals surface area contributed by atoms with Crippen LogP contribution in [-0.4, -0.2) is 28.6 Å². The third kappa shape index (κ3) is 4.50. The first-order valence-electron chi connectivity index (χ1n) is 8.24. The number of rotatable bonds is 3. The van der Waals surface area contributed by atoms with Crippen LogP contribution in [0.2, 0.25) is 28.2 Å². The van der Waals surface area contributed by atoms with Crippen molar-refractivity contribution in [1.29, 1.82) is 0 Å². The van der Waals surface area contributed by atoms with Crippen LogP contribution in [-0.2, 0) is 9.31 Å². The minimum Gasteiger partial charge on any atom is -0.543 e. The quantitative estimate of drug-likeness (QED) is 0.670. The lowest BCUT2D eigenvalue weighted by molar-refractivity contribution is 0.0343. The molecule has 0 aliphatic carbocycles. The van der Waals surface area contributed by atoms with E-state index in [4.69, 9.17) is 36.9 Å². The summed E-state index contributed by atoms with van der Waals surface area (Å²) in [5.74, 6) is 0.652. The highest BCUT2D eigenvalue weighted by Gasteiger charge is 2.40. The van der Waals surface area contributed by atoms with E-state index < -0.39 is 15.4 Å². The minimum absolute atomic E-state index is 0.00979. The van der Waals surface area contributed by atoms with E-state index in [0.29, 0.717) is 29.0 Å². The van der Waals surface area contributed by atoms with Gasteiger partial charge in [0.25, 0.3) is 8.32 Å². The molecule has 0 bridgehead atoms. The molecule has 2 rings (SSSR count). The second-order valence-corrected chi connectivity index (χ2v) is 14.3. The third-order valence-electron chi connectivity index (χ3n) is 4.73. The highest BCUT2D eigenvalue weighted by molar-refractivity contribution is 6.75. The van der Waals surface area contributed by atoms with Crippen molar-refractivity contribution < 1.29 is 13.7 Å². The molecule has 1 heterocycles. The summed E-state index contributed by atoms with van der Waals surface area (Å²) in [5.41, 5.74) is 0.779. The first-order chi connectivity index (χ1) is 10.8. The van der Waals surface area contributed by atoms with Gasteiger partial charge in [-0.05, 0) is 30.3 Å². The van der Waals surface area contributed by atoms with Gasteiger partial charge in [-0.15, -0.1) is 0 Å². The maximum Gasteiger partial charge on any atom is 0.495 e. The predicted octanol–water partition coefficient (Wildman–Crippen LogP) is 5.15. The Morgan fingerprint density at radius 1 is 1.08 bits per heavy atom. The summed E-state index contributed by atoms with van der Waals surface area (Å²) in [6.07, 6.45) is 0. The normalized spacial score (nSPS) is 18.6. The molecule has 0 aromatic heterocycles. The molecule has 0 atom stereocenters. The summed E-state index contributed by atoms with van der Waals surface area (Å²) < 4.78 is 18.1. The fourth-order valence-corrected chi connectivity index (χ4v) is 3.70. The molecule has 1 aliphatic heterocycles. The molecule has 0 saturated carbocycles. The third-order valence-corrected chi connectivity index (χ3v) is 9.69. The van der Waals surface area contributed by atoms with Crippen molar-refractivity contribution in [2.75, 3.05) is 13.2 Å². The van der Waals surface area contributed by atoms with E-state index in [0.717, 1.165) is 5.46 Å². The Hall–Kier alpha value is -0.198. The summed E-state index contributed by atoms with van der Waals surface area (Å²) in [5, 5.41) is 1.13. The van der Waals surface area contributed by atoms with Gasteiger partial charge in [-0.25, -0.2) is 0 Å². The van der Waals surface area contributed by atoms with Crippen LogP contribution in [0.15, 0.2) is 12.1 Å². The second-order valence-electron chi connectivity index (χ2n) is 8.78. The molecule has 7 heteroatoms. The van der Waals surface area contributed by atoms with Gasteiger partial charge < -0.3 is 13.7 Å². The first kappa shape index (κ1) is 20.1. The largest absolute Gasteiger partial charge is 0.543 e. The number of hydrogen-bond donors (Lipinski definition) is 0. The summed E-state index contributed by atoms with van der Waals surface area (Å²) in [6.45, 7) is 16.4. The van der Waals surface area contributed by atoms with Crippen molar-refractivity contribution in [3.8, 4) is 5.75 Å². The molecule has 1 fully saturated rings. The van der Waals surface area contributed by atoms with E-state index in [9.17, 15) is 0 Å². The molecule has 1 aromatic carbocycles.